The number of fused-ring (bicyclic) bond motifs is 1. The number of aliphatic carboxylic acids is 1. The highest BCUT2D eigenvalue weighted by Gasteiger charge is 2.49. The summed E-state index contributed by atoms with van der Waals surface area (Å²) in [5.74, 6) is -0.408. The highest BCUT2D eigenvalue weighted by Crippen LogP contribution is 2.42. The Balaban J connectivity index is 1.66. The molecule has 0 aromatic carbocycles. The number of carboxylic acids is 1. The van der Waals surface area contributed by atoms with Crippen molar-refractivity contribution in [1.82, 2.24) is 15.2 Å². The fourth-order valence-corrected chi connectivity index (χ4v) is 4.30. The molecule has 1 aromatic heterocycles. The molecule has 21 heavy (non-hydrogen) atoms. The Kier molecular flexibility index (Phi) is 3.84. The SMILES string of the molecule is Cc1ncsc1CNC(=O)N1CC2CCCC2C1C(=O)O. The lowest BCUT2D eigenvalue weighted by Crippen LogP contribution is -2.47. The standard InChI is InChI=1S/C14H19N3O3S/c1-8-11(21-7-16-8)5-15-14(20)17-6-9-3-2-4-10(9)12(17)13(18)19/h7,9-10,12H,2-6H2,1H3,(H,15,20)(H,18,19). The van der Waals surface area contributed by atoms with Crippen LogP contribution in [0.5, 0.6) is 0 Å². The summed E-state index contributed by atoms with van der Waals surface area (Å²) in [7, 11) is 0. The van der Waals surface area contributed by atoms with E-state index in [4.69, 9.17) is 0 Å². The second kappa shape index (κ2) is 5.63. The van der Waals surface area contributed by atoms with Crippen molar-refractivity contribution in [3.8, 4) is 0 Å². The van der Waals surface area contributed by atoms with Crippen LogP contribution in [-0.2, 0) is 11.3 Å². The predicted octanol–water partition coefficient (Wildman–Crippen LogP) is 1.85. The first-order valence-electron chi connectivity index (χ1n) is 7.24. The topological polar surface area (TPSA) is 82.5 Å². The Morgan fingerprint density at radius 1 is 1.52 bits per heavy atom. The predicted molar refractivity (Wildman–Crippen MR) is 78.0 cm³/mol. The first-order valence-corrected chi connectivity index (χ1v) is 8.12. The van der Waals surface area contributed by atoms with Crippen LogP contribution in [0.2, 0.25) is 0 Å². The molecule has 1 aliphatic carbocycles. The van der Waals surface area contributed by atoms with Gasteiger partial charge in [-0.3, -0.25) is 0 Å². The third-order valence-corrected chi connectivity index (χ3v) is 5.58. The molecular formula is C14H19N3O3S. The molecule has 2 heterocycles. The van der Waals surface area contributed by atoms with Gasteiger partial charge >= 0.3 is 12.0 Å². The Morgan fingerprint density at radius 3 is 3.00 bits per heavy atom. The quantitative estimate of drug-likeness (QED) is 0.892. The lowest BCUT2D eigenvalue weighted by atomic mass is 9.94. The van der Waals surface area contributed by atoms with Gasteiger partial charge in [0.25, 0.3) is 0 Å². The summed E-state index contributed by atoms with van der Waals surface area (Å²) in [5, 5.41) is 12.3. The number of hydrogen-bond donors (Lipinski definition) is 2. The fourth-order valence-electron chi connectivity index (χ4n) is 3.58. The van der Waals surface area contributed by atoms with Crippen molar-refractivity contribution in [2.24, 2.45) is 11.8 Å². The molecule has 0 bridgehead atoms. The van der Waals surface area contributed by atoms with Crippen molar-refractivity contribution < 1.29 is 14.7 Å². The number of likely N-dealkylation sites (tertiary alicyclic amines) is 1. The molecule has 3 atom stereocenters. The van der Waals surface area contributed by atoms with Gasteiger partial charge in [0.1, 0.15) is 6.04 Å². The van der Waals surface area contributed by atoms with E-state index in [9.17, 15) is 14.7 Å². The average molecular weight is 309 g/mol. The Morgan fingerprint density at radius 2 is 2.33 bits per heavy atom. The molecule has 2 N–H and O–H groups in total. The van der Waals surface area contributed by atoms with Crippen molar-refractivity contribution in [2.75, 3.05) is 6.54 Å². The molecule has 0 spiro atoms. The second-order valence-corrected chi connectivity index (χ2v) is 6.75. The van der Waals surface area contributed by atoms with Crippen molar-refractivity contribution in [2.45, 2.75) is 38.8 Å². The van der Waals surface area contributed by atoms with E-state index in [1.807, 2.05) is 6.92 Å². The van der Waals surface area contributed by atoms with Crippen LogP contribution < -0.4 is 5.32 Å². The Bertz CT molecular complexity index is 559. The van der Waals surface area contributed by atoms with E-state index in [0.717, 1.165) is 29.8 Å². The molecule has 6 nitrogen and oxygen atoms in total. The Labute approximate surface area is 127 Å². The molecule has 7 heteroatoms. The molecule has 3 rings (SSSR count). The molecule has 114 valence electrons. The number of aromatic nitrogens is 1. The third kappa shape index (κ3) is 2.62. The van der Waals surface area contributed by atoms with E-state index < -0.39 is 12.0 Å². The number of amides is 2. The smallest absolute Gasteiger partial charge is 0.326 e. The summed E-state index contributed by atoms with van der Waals surface area (Å²) < 4.78 is 0. The largest absolute Gasteiger partial charge is 0.480 e. The lowest BCUT2D eigenvalue weighted by molar-refractivity contribution is -0.142. The Hall–Kier alpha value is -1.63. The minimum atomic E-state index is -0.881. The minimum Gasteiger partial charge on any atom is -0.480 e. The van der Waals surface area contributed by atoms with Crippen LogP contribution in [0.3, 0.4) is 0 Å². The van der Waals surface area contributed by atoms with Gasteiger partial charge in [-0.2, -0.15) is 0 Å². The number of carbonyl (C=O) groups excluding carboxylic acids is 1. The van der Waals surface area contributed by atoms with E-state index in [0.29, 0.717) is 19.0 Å². The van der Waals surface area contributed by atoms with Crippen molar-refractivity contribution in [3.05, 3.63) is 16.1 Å². The van der Waals surface area contributed by atoms with Gasteiger partial charge in [-0.05, 0) is 31.6 Å². The zero-order chi connectivity index (χ0) is 15.0. The summed E-state index contributed by atoms with van der Waals surface area (Å²) in [6, 6.07) is -0.940. The van der Waals surface area contributed by atoms with Crippen LogP contribution in [0.15, 0.2) is 5.51 Å². The maximum Gasteiger partial charge on any atom is 0.326 e. The summed E-state index contributed by atoms with van der Waals surface area (Å²) in [6.45, 7) is 2.88. The van der Waals surface area contributed by atoms with Crippen LogP contribution in [0.1, 0.15) is 29.8 Å². The number of urea groups is 1. The van der Waals surface area contributed by atoms with E-state index in [2.05, 4.69) is 10.3 Å². The molecule has 1 aromatic rings. The number of hydrogen-bond acceptors (Lipinski definition) is 4. The minimum absolute atomic E-state index is 0.124. The number of carbonyl (C=O) groups is 2. The molecule has 0 radical (unpaired) electrons. The zero-order valence-corrected chi connectivity index (χ0v) is 12.7. The third-order valence-electron chi connectivity index (χ3n) is 4.65. The highest BCUT2D eigenvalue weighted by atomic mass is 32.1. The lowest BCUT2D eigenvalue weighted by Gasteiger charge is -2.24. The molecule has 2 aliphatic rings. The van der Waals surface area contributed by atoms with Gasteiger partial charge in [0.15, 0.2) is 0 Å². The molecule has 1 aliphatic heterocycles. The van der Waals surface area contributed by atoms with Gasteiger partial charge in [-0.25, -0.2) is 14.6 Å². The first kappa shape index (κ1) is 14.3. The molecule has 1 saturated carbocycles. The van der Waals surface area contributed by atoms with Crippen LogP contribution in [-0.4, -0.2) is 39.6 Å². The summed E-state index contributed by atoms with van der Waals surface area (Å²) in [6.07, 6.45) is 3.03. The average Bonchev–Trinajstić information content (AvgIpc) is 3.10. The van der Waals surface area contributed by atoms with Crippen molar-refractivity contribution >= 4 is 23.3 Å². The summed E-state index contributed by atoms with van der Waals surface area (Å²) in [4.78, 5) is 30.5. The van der Waals surface area contributed by atoms with E-state index >= 15 is 0 Å². The highest BCUT2D eigenvalue weighted by molar-refractivity contribution is 7.09. The number of nitrogens with zero attached hydrogens (tertiary/aromatic N) is 2. The molecule has 2 amide bonds. The zero-order valence-electron chi connectivity index (χ0n) is 11.9. The number of aryl methyl sites for hydroxylation is 1. The van der Waals surface area contributed by atoms with Crippen molar-refractivity contribution in [1.29, 1.82) is 0 Å². The molecule has 2 fully saturated rings. The van der Waals surface area contributed by atoms with E-state index in [-0.39, 0.29) is 11.9 Å². The summed E-state index contributed by atoms with van der Waals surface area (Å²) >= 11 is 1.50. The van der Waals surface area contributed by atoms with Crippen LogP contribution >= 0.6 is 11.3 Å². The van der Waals surface area contributed by atoms with Gasteiger partial charge in [-0.15, -0.1) is 11.3 Å². The van der Waals surface area contributed by atoms with Gasteiger partial charge < -0.3 is 15.3 Å². The summed E-state index contributed by atoms with van der Waals surface area (Å²) in [5.41, 5.74) is 2.66. The number of rotatable bonds is 3. The monoisotopic (exact) mass is 309 g/mol. The fraction of sp³-hybridized carbons (Fsp3) is 0.643. The van der Waals surface area contributed by atoms with Gasteiger partial charge in [0.05, 0.1) is 17.7 Å². The first-order chi connectivity index (χ1) is 10.1. The van der Waals surface area contributed by atoms with Gasteiger partial charge in [0.2, 0.25) is 0 Å². The normalized spacial score (nSPS) is 27.7. The molecular weight excluding hydrogens is 290 g/mol. The maximum absolute atomic E-state index is 12.3. The molecule has 3 unspecified atom stereocenters. The van der Waals surface area contributed by atoms with Crippen LogP contribution in [0.4, 0.5) is 4.79 Å². The van der Waals surface area contributed by atoms with E-state index in [1.165, 1.54) is 16.2 Å². The van der Waals surface area contributed by atoms with Gasteiger partial charge in [0, 0.05) is 11.4 Å². The number of nitrogens with one attached hydrogen (secondary N) is 1. The maximum atomic E-state index is 12.3. The van der Waals surface area contributed by atoms with Crippen LogP contribution in [0.25, 0.3) is 0 Å². The van der Waals surface area contributed by atoms with Crippen LogP contribution in [0, 0.1) is 18.8 Å². The van der Waals surface area contributed by atoms with E-state index in [1.54, 1.807) is 5.51 Å². The second-order valence-electron chi connectivity index (χ2n) is 5.81. The number of carboxylic acid groups (broad SMARTS) is 1. The molecule has 1 saturated heterocycles. The number of thiazole rings is 1. The van der Waals surface area contributed by atoms with Gasteiger partial charge in [-0.1, -0.05) is 6.42 Å². The van der Waals surface area contributed by atoms with Crippen molar-refractivity contribution in [3.63, 3.8) is 0 Å².